The molecule has 3 rings (SSSR count). The fourth-order valence-corrected chi connectivity index (χ4v) is 2.34. The minimum absolute atomic E-state index is 0.00697. The van der Waals surface area contributed by atoms with Gasteiger partial charge in [-0.25, -0.2) is 4.99 Å². The zero-order valence-electron chi connectivity index (χ0n) is 12.1. The van der Waals surface area contributed by atoms with E-state index in [0.717, 1.165) is 28.1 Å². The van der Waals surface area contributed by atoms with E-state index >= 15 is 0 Å². The average Bonchev–Trinajstić information content (AvgIpc) is 2.58. The SMILES string of the molecule is C=C(c1ccccc1)c1ccccc1[NH+]=C1C=CC(=O)C=C1. The Labute approximate surface area is 129 Å². The van der Waals surface area contributed by atoms with Crippen molar-refractivity contribution in [2.45, 2.75) is 0 Å². The first-order chi connectivity index (χ1) is 10.7. The molecule has 22 heavy (non-hydrogen) atoms. The monoisotopic (exact) mass is 286 g/mol. The number of carbonyl (C=O) groups excluding carboxylic acids is 1. The Bertz CT molecular complexity index is 793. The zero-order chi connectivity index (χ0) is 15.4. The first-order valence-electron chi connectivity index (χ1n) is 7.12. The number of allylic oxidation sites excluding steroid dienone is 4. The van der Waals surface area contributed by atoms with Crippen LogP contribution in [0.2, 0.25) is 0 Å². The van der Waals surface area contributed by atoms with E-state index in [0.29, 0.717) is 0 Å². The second kappa shape index (κ2) is 6.19. The fourth-order valence-electron chi connectivity index (χ4n) is 2.34. The van der Waals surface area contributed by atoms with E-state index in [1.807, 2.05) is 54.6 Å². The lowest BCUT2D eigenvalue weighted by Crippen LogP contribution is -2.66. The van der Waals surface area contributed by atoms with Gasteiger partial charge in [0.1, 0.15) is 0 Å². The predicted molar refractivity (Wildman–Crippen MR) is 89.9 cm³/mol. The van der Waals surface area contributed by atoms with Crippen LogP contribution in [0.25, 0.3) is 5.57 Å². The van der Waals surface area contributed by atoms with E-state index in [1.165, 1.54) is 0 Å². The molecule has 0 fully saturated rings. The Kier molecular flexibility index (Phi) is 3.92. The van der Waals surface area contributed by atoms with Crippen LogP contribution in [0.15, 0.2) is 85.5 Å². The number of benzene rings is 2. The normalized spacial score (nSPS) is 13.3. The summed E-state index contributed by atoms with van der Waals surface area (Å²) in [5.41, 5.74) is 4.94. The molecule has 0 saturated heterocycles. The van der Waals surface area contributed by atoms with Gasteiger partial charge in [0, 0.05) is 18.2 Å². The van der Waals surface area contributed by atoms with Gasteiger partial charge in [-0.3, -0.25) is 4.79 Å². The van der Waals surface area contributed by atoms with Gasteiger partial charge in [-0.1, -0.05) is 49.0 Å². The summed E-state index contributed by atoms with van der Waals surface area (Å²) < 4.78 is 0. The zero-order valence-corrected chi connectivity index (χ0v) is 12.1. The highest BCUT2D eigenvalue weighted by Crippen LogP contribution is 2.25. The number of carbonyl (C=O) groups is 1. The first kappa shape index (κ1) is 14.0. The van der Waals surface area contributed by atoms with Crippen LogP contribution in [0, 0.1) is 0 Å². The predicted octanol–water partition coefficient (Wildman–Crippen LogP) is 2.60. The highest BCUT2D eigenvalue weighted by molar-refractivity contribution is 6.14. The Morgan fingerprint density at radius 2 is 1.45 bits per heavy atom. The van der Waals surface area contributed by atoms with Crippen molar-refractivity contribution in [3.8, 4) is 0 Å². The molecule has 2 heteroatoms. The van der Waals surface area contributed by atoms with Crippen LogP contribution in [0.3, 0.4) is 0 Å². The average molecular weight is 286 g/mol. The highest BCUT2D eigenvalue weighted by Gasteiger charge is 2.13. The third kappa shape index (κ3) is 3.01. The van der Waals surface area contributed by atoms with E-state index in [2.05, 4.69) is 11.6 Å². The Hall–Kier alpha value is -3.00. The molecule has 0 amide bonds. The summed E-state index contributed by atoms with van der Waals surface area (Å²) in [7, 11) is 0. The molecule has 1 aliphatic rings. The molecule has 0 aromatic heterocycles. The first-order valence-corrected chi connectivity index (χ1v) is 7.12. The van der Waals surface area contributed by atoms with Crippen LogP contribution in [0.1, 0.15) is 11.1 Å². The van der Waals surface area contributed by atoms with Crippen LogP contribution in [-0.2, 0) is 4.79 Å². The van der Waals surface area contributed by atoms with Gasteiger partial charge in [-0.2, -0.15) is 0 Å². The van der Waals surface area contributed by atoms with Crippen molar-refractivity contribution in [3.05, 3.63) is 96.6 Å². The summed E-state index contributed by atoms with van der Waals surface area (Å²) in [6.07, 6.45) is 6.67. The topological polar surface area (TPSA) is 31.0 Å². The van der Waals surface area contributed by atoms with Gasteiger partial charge in [0.15, 0.2) is 5.78 Å². The molecule has 0 aliphatic heterocycles. The highest BCUT2D eigenvalue weighted by atomic mass is 16.1. The molecule has 106 valence electrons. The van der Waals surface area contributed by atoms with Crippen molar-refractivity contribution in [3.63, 3.8) is 0 Å². The smallest absolute Gasteiger partial charge is 0.211 e. The van der Waals surface area contributed by atoms with Crippen molar-refractivity contribution < 1.29 is 9.79 Å². The second-order valence-corrected chi connectivity index (χ2v) is 5.04. The number of ketones is 1. The molecule has 0 radical (unpaired) electrons. The molecule has 2 aromatic carbocycles. The summed E-state index contributed by atoms with van der Waals surface area (Å²) in [6, 6.07) is 18.1. The molecule has 1 aliphatic carbocycles. The van der Waals surface area contributed by atoms with Crippen LogP contribution < -0.4 is 4.99 Å². The van der Waals surface area contributed by atoms with Gasteiger partial charge >= 0.3 is 0 Å². The number of para-hydroxylation sites is 1. The van der Waals surface area contributed by atoms with Crippen molar-refractivity contribution in [2.24, 2.45) is 0 Å². The van der Waals surface area contributed by atoms with Crippen LogP contribution in [0.4, 0.5) is 5.69 Å². The van der Waals surface area contributed by atoms with Crippen molar-refractivity contribution in [2.75, 3.05) is 0 Å². The maximum atomic E-state index is 11.2. The second-order valence-electron chi connectivity index (χ2n) is 5.04. The molecular weight excluding hydrogens is 270 g/mol. The maximum absolute atomic E-state index is 11.2. The number of nitrogens with one attached hydrogen (secondary N) is 1. The summed E-state index contributed by atoms with van der Waals surface area (Å²) in [5.74, 6) is 0.00697. The quantitative estimate of drug-likeness (QED) is 0.864. The molecule has 0 spiro atoms. The van der Waals surface area contributed by atoms with E-state index in [4.69, 9.17) is 0 Å². The van der Waals surface area contributed by atoms with Gasteiger partial charge in [0.25, 0.3) is 0 Å². The minimum Gasteiger partial charge on any atom is -0.290 e. The van der Waals surface area contributed by atoms with E-state index in [1.54, 1.807) is 24.3 Å². The summed E-state index contributed by atoms with van der Waals surface area (Å²) in [4.78, 5) is 14.5. The van der Waals surface area contributed by atoms with Crippen molar-refractivity contribution in [1.29, 1.82) is 0 Å². The third-order valence-corrected chi connectivity index (χ3v) is 3.51. The molecule has 2 nitrogen and oxygen atoms in total. The third-order valence-electron chi connectivity index (χ3n) is 3.51. The van der Waals surface area contributed by atoms with Crippen LogP contribution >= 0.6 is 0 Å². The van der Waals surface area contributed by atoms with Gasteiger partial charge in [-0.15, -0.1) is 0 Å². The lowest BCUT2D eigenvalue weighted by molar-refractivity contribution is -0.351. The Morgan fingerprint density at radius 3 is 2.18 bits per heavy atom. The maximum Gasteiger partial charge on any atom is 0.211 e. The van der Waals surface area contributed by atoms with E-state index < -0.39 is 0 Å². The Balaban J connectivity index is 1.99. The van der Waals surface area contributed by atoms with Crippen LogP contribution in [-0.4, -0.2) is 11.5 Å². The Morgan fingerprint density at radius 1 is 0.818 bits per heavy atom. The number of hydrogen-bond donors (Lipinski definition) is 1. The number of rotatable bonds is 3. The van der Waals surface area contributed by atoms with Gasteiger partial charge in [-0.05, 0) is 29.4 Å². The fraction of sp³-hybridized carbons (Fsp3) is 0. The van der Waals surface area contributed by atoms with Gasteiger partial charge < -0.3 is 0 Å². The standard InChI is InChI=1S/C20H15NO/c1-15(16-7-3-2-4-8-16)19-9-5-6-10-20(19)21-17-11-13-18(22)14-12-17/h2-14H,1H2/p+1. The summed E-state index contributed by atoms with van der Waals surface area (Å²) >= 11 is 0. The lowest BCUT2D eigenvalue weighted by Gasteiger charge is -2.06. The minimum atomic E-state index is 0.00697. The van der Waals surface area contributed by atoms with E-state index in [9.17, 15) is 4.79 Å². The number of hydrogen-bond acceptors (Lipinski definition) is 1. The van der Waals surface area contributed by atoms with Crippen molar-refractivity contribution >= 4 is 22.8 Å². The van der Waals surface area contributed by atoms with Gasteiger partial charge in [0.2, 0.25) is 11.4 Å². The molecular formula is C20H16NO+. The van der Waals surface area contributed by atoms with Crippen LogP contribution in [0.5, 0.6) is 0 Å². The molecule has 0 unspecified atom stereocenters. The summed E-state index contributed by atoms with van der Waals surface area (Å²) in [5, 5.41) is 0. The molecule has 2 aromatic rings. The summed E-state index contributed by atoms with van der Waals surface area (Å²) in [6.45, 7) is 4.22. The van der Waals surface area contributed by atoms with E-state index in [-0.39, 0.29) is 5.78 Å². The molecule has 0 atom stereocenters. The van der Waals surface area contributed by atoms with Crippen molar-refractivity contribution in [1.82, 2.24) is 0 Å². The lowest BCUT2D eigenvalue weighted by atomic mass is 9.98. The molecule has 0 bridgehead atoms. The molecule has 0 saturated carbocycles. The largest absolute Gasteiger partial charge is 0.290 e. The van der Waals surface area contributed by atoms with Gasteiger partial charge in [0.05, 0.1) is 5.56 Å². The molecule has 1 N–H and O–H groups in total. The molecule has 0 heterocycles.